The van der Waals surface area contributed by atoms with Crippen molar-refractivity contribution in [3.05, 3.63) is 258 Å². The summed E-state index contributed by atoms with van der Waals surface area (Å²) < 4.78 is 14.0. The van der Waals surface area contributed by atoms with Gasteiger partial charge in [-0.2, -0.15) is 0 Å². The molecule has 13 aromatic rings. The summed E-state index contributed by atoms with van der Waals surface area (Å²) >= 11 is 0. The van der Waals surface area contributed by atoms with Gasteiger partial charge in [0.25, 0.3) is 0 Å². The summed E-state index contributed by atoms with van der Waals surface area (Å²) in [5, 5.41) is 4.69. The number of anilines is 3. The molecular formula is C75H55NO2. The number of fused-ring (bicyclic) bond motifs is 19. The molecule has 2 heterocycles. The van der Waals surface area contributed by atoms with Gasteiger partial charge in [-0.3, -0.25) is 0 Å². The van der Waals surface area contributed by atoms with Crippen molar-refractivity contribution in [2.75, 3.05) is 4.90 Å². The Hall–Kier alpha value is -9.18. The lowest BCUT2D eigenvalue weighted by Gasteiger charge is -2.32. The van der Waals surface area contributed by atoms with Crippen LogP contribution >= 0.6 is 0 Å². The molecule has 0 saturated carbocycles. The Bertz CT molecular complexity index is 4680. The van der Waals surface area contributed by atoms with Gasteiger partial charge in [0.05, 0.1) is 0 Å². The molecule has 3 aliphatic carbocycles. The second-order valence-corrected chi connectivity index (χ2v) is 23.5. The summed E-state index contributed by atoms with van der Waals surface area (Å²) in [6.07, 6.45) is 0. The van der Waals surface area contributed by atoms with Crippen LogP contribution in [-0.4, -0.2) is 0 Å². The quantitative estimate of drug-likeness (QED) is 0.166. The van der Waals surface area contributed by atoms with E-state index in [1.165, 1.54) is 99.8 Å². The third kappa shape index (κ3) is 6.10. The van der Waals surface area contributed by atoms with E-state index in [2.05, 4.69) is 271 Å². The highest BCUT2D eigenvalue weighted by Gasteiger charge is 2.49. The van der Waals surface area contributed by atoms with Crippen molar-refractivity contribution in [1.82, 2.24) is 0 Å². The van der Waals surface area contributed by atoms with Gasteiger partial charge in [-0.15, -0.1) is 0 Å². The van der Waals surface area contributed by atoms with Gasteiger partial charge in [0.15, 0.2) is 0 Å². The van der Waals surface area contributed by atoms with E-state index in [9.17, 15) is 0 Å². The molecule has 3 heteroatoms. The van der Waals surface area contributed by atoms with Gasteiger partial charge in [-0.1, -0.05) is 211 Å². The van der Waals surface area contributed by atoms with Crippen molar-refractivity contribution in [2.24, 2.45) is 0 Å². The summed E-state index contributed by atoms with van der Waals surface area (Å²) in [6, 6.07) is 82.6. The van der Waals surface area contributed by atoms with Crippen LogP contribution in [0.25, 0.3) is 111 Å². The number of hydrogen-bond donors (Lipinski definition) is 0. The molecule has 2 aromatic heterocycles. The molecular weight excluding hydrogens is 947 g/mol. The van der Waals surface area contributed by atoms with Crippen LogP contribution in [0.5, 0.6) is 0 Å². The van der Waals surface area contributed by atoms with Crippen LogP contribution in [0.4, 0.5) is 17.1 Å². The van der Waals surface area contributed by atoms with Gasteiger partial charge in [0.2, 0.25) is 0 Å². The maximum atomic E-state index is 7.03. The van der Waals surface area contributed by atoms with E-state index in [1.54, 1.807) is 0 Å². The summed E-state index contributed by atoms with van der Waals surface area (Å²) in [4.78, 5) is 2.50. The molecule has 3 nitrogen and oxygen atoms in total. The highest BCUT2D eigenvalue weighted by Crippen LogP contribution is 2.64. The molecule has 0 radical (unpaired) electrons. The first kappa shape index (κ1) is 45.1. The monoisotopic (exact) mass is 1000 g/mol. The average Bonchev–Trinajstić information content (AvgIpc) is 4.32. The van der Waals surface area contributed by atoms with E-state index in [1.807, 2.05) is 0 Å². The Morgan fingerprint density at radius 2 is 0.769 bits per heavy atom. The standard InChI is InChI=1S/C75H55NO2/c1-73(2)59-41-50(36-38-53(59)64-61(73)43-57(71-66(64)55-27-14-17-30-62(55)77-71)47-34-32-46(33-35-47)44-20-9-7-10-21-44)76(49-25-19-24-48(40-49)45-22-11-8-12-23-45)51-37-39-54-60(42-51)75(5,6)69-65(54)67-56-28-15-18-31-63(56)78-72(67)68-52-26-13-16-29-58(52)74(3,4)70(68)69/h7-43H,1-6H3. The minimum absolute atomic E-state index is 0.244. The predicted molar refractivity (Wildman–Crippen MR) is 325 cm³/mol. The first-order valence-electron chi connectivity index (χ1n) is 27.5. The van der Waals surface area contributed by atoms with Crippen LogP contribution in [0.1, 0.15) is 74.9 Å². The largest absolute Gasteiger partial charge is 0.455 e. The van der Waals surface area contributed by atoms with Crippen molar-refractivity contribution < 1.29 is 8.83 Å². The van der Waals surface area contributed by atoms with E-state index in [0.29, 0.717) is 0 Å². The van der Waals surface area contributed by atoms with E-state index in [4.69, 9.17) is 8.83 Å². The Morgan fingerprint density at radius 3 is 1.45 bits per heavy atom. The average molecular weight is 1000 g/mol. The molecule has 0 atom stereocenters. The van der Waals surface area contributed by atoms with Crippen molar-refractivity contribution in [1.29, 1.82) is 0 Å². The van der Waals surface area contributed by atoms with Gasteiger partial charge in [0, 0.05) is 66.0 Å². The fourth-order valence-corrected chi connectivity index (χ4v) is 14.5. The summed E-state index contributed by atoms with van der Waals surface area (Å²) in [5.41, 5.74) is 28.8. The highest BCUT2D eigenvalue weighted by molar-refractivity contribution is 6.21. The molecule has 0 fully saturated rings. The maximum absolute atomic E-state index is 7.03. The van der Waals surface area contributed by atoms with Crippen molar-refractivity contribution in [2.45, 2.75) is 57.8 Å². The lowest BCUT2D eigenvalue weighted by atomic mass is 9.72. The second kappa shape index (κ2) is 15.9. The molecule has 16 rings (SSSR count). The molecule has 0 amide bonds. The van der Waals surface area contributed by atoms with Crippen molar-refractivity contribution in [3.8, 4) is 66.8 Å². The molecule has 0 spiro atoms. The number of nitrogens with zero attached hydrogens (tertiary/aromatic N) is 1. The lowest BCUT2D eigenvalue weighted by molar-refractivity contribution is 0.600. The molecule has 372 valence electrons. The first-order valence-corrected chi connectivity index (χ1v) is 27.5. The molecule has 78 heavy (non-hydrogen) atoms. The zero-order valence-corrected chi connectivity index (χ0v) is 44.6. The molecule has 11 aromatic carbocycles. The van der Waals surface area contributed by atoms with Gasteiger partial charge >= 0.3 is 0 Å². The smallest absolute Gasteiger partial charge is 0.144 e. The molecule has 0 bridgehead atoms. The highest BCUT2D eigenvalue weighted by atomic mass is 16.3. The minimum Gasteiger partial charge on any atom is -0.455 e. The molecule has 0 unspecified atom stereocenters. The zero-order valence-electron chi connectivity index (χ0n) is 44.6. The van der Waals surface area contributed by atoms with Crippen molar-refractivity contribution in [3.63, 3.8) is 0 Å². The fraction of sp³-hybridized carbons (Fsp3) is 0.120. The molecule has 0 saturated heterocycles. The molecule has 0 N–H and O–H groups in total. The summed E-state index contributed by atoms with van der Waals surface area (Å²) in [5.74, 6) is 0. The Balaban J connectivity index is 0.900. The van der Waals surface area contributed by atoms with Crippen LogP contribution in [0, 0.1) is 0 Å². The van der Waals surface area contributed by atoms with Crippen LogP contribution in [0.3, 0.4) is 0 Å². The van der Waals surface area contributed by atoms with Crippen LogP contribution in [0.2, 0.25) is 0 Å². The van der Waals surface area contributed by atoms with Crippen molar-refractivity contribution >= 4 is 60.9 Å². The zero-order chi connectivity index (χ0) is 52.4. The van der Waals surface area contributed by atoms with E-state index >= 15 is 0 Å². The summed E-state index contributed by atoms with van der Waals surface area (Å²) in [7, 11) is 0. The number of furan rings is 2. The number of hydrogen-bond acceptors (Lipinski definition) is 3. The van der Waals surface area contributed by atoms with Crippen LogP contribution in [0.15, 0.2) is 233 Å². The molecule has 0 aliphatic heterocycles. The van der Waals surface area contributed by atoms with Gasteiger partial charge in [0.1, 0.15) is 22.3 Å². The van der Waals surface area contributed by atoms with Crippen LogP contribution < -0.4 is 4.90 Å². The minimum atomic E-state index is -0.353. The third-order valence-corrected chi connectivity index (χ3v) is 18.2. The SMILES string of the molecule is CC1(C)c2cc(N(c3cccc(-c4ccccc4)c3)c3ccc4c(c3)C(C)(C)c3c5c(c6oc7ccccc7c6c3-4)-c3ccccc3C5(C)C)ccc2-c2c1cc(-c1ccc(-c3ccccc3)cc1)c1oc3ccccc3c21. The normalized spacial score (nSPS) is 14.8. The van der Waals surface area contributed by atoms with Crippen LogP contribution in [-0.2, 0) is 16.2 Å². The Kier molecular flexibility index (Phi) is 9.21. The Labute approximate surface area is 454 Å². The fourth-order valence-electron chi connectivity index (χ4n) is 14.5. The van der Waals surface area contributed by atoms with E-state index in [0.717, 1.165) is 61.3 Å². The number of para-hydroxylation sites is 2. The predicted octanol–water partition coefficient (Wildman–Crippen LogP) is 20.9. The number of benzene rings is 11. The lowest BCUT2D eigenvalue weighted by Crippen LogP contribution is -2.24. The van der Waals surface area contributed by atoms with Gasteiger partial charge in [-0.25, -0.2) is 0 Å². The second-order valence-electron chi connectivity index (χ2n) is 23.5. The third-order valence-electron chi connectivity index (χ3n) is 18.2. The Morgan fingerprint density at radius 1 is 0.295 bits per heavy atom. The first-order chi connectivity index (χ1) is 38.0. The number of rotatable bonds is 6. The van der Waals surface area contributed by atoms with Gasteiger partial charge in [-0.05, 0) is 144 Å². The topological polar surface area (TPSA) is 29.5 Å². The molecule has 3 aliphatic rings. The summed E-state index contributed by atoms with van der Waals surface area (Å²) in [6.45, 7) is 14.6. The van der Waals surface area contributed by atoms with E-state index < -0.39 is 0 Å². The maximum Gasteiger partial charge on any atom is 0.144 e. The van der Waals surface area contributed by atoms with E-state index in [-0.39, 0.29) is 16.2 Å². The van der Waals surface area contributed by atoms with Gasteiger partial charge < -0.3 is 13.7 Å².